The Morgan fingerprint density at radius 1 is 1.12 bits per heavy atom. The molecule has 0 bridgehead atoms. The second-order valence-corrected chi connectivity index (χ2v) is 6.39. The molecule has 1 unspecified atom stereocenters. The standard InChI is InChI=1S/C19H24N2O5/c1-13(17(22)21-19(12-20)7-5-4-6-8-19)26-18(23)14-9-15(24-2)11-16(10-14)25-3/h9-11,13H,4-8H2,1-3H3,(H,21,22). The van der Waals surface area contributed by atoms with Crippen LogP contribution in [0.3, 0.4) is 0 Å². The lowest BCUT2D eigenvalue weighted by molar-refractivity contribution is -0.130. The summed E-state index contributed by atoms with van der Waals surface area (Å²) in [7, 11) is 2.96. The number of benzene rings is 1. The molecule has 26 heavy (non-hydrogen) atoms. The monoisotopic (exact) mass is 360 g/mol. The third-order valence-corrected chi connectivity index (χ3v) is 4.52. The Morgan fingerprint density at radius 3 is 2.19 bits per heavy atom. The van der Waals surface area contributed by atoms with Crippen molar-refractivity contribution in [2.45, 2.75) is 50.7 Å². The highest BCUT2D eigenvalue weighted by Gasteiger charge is 2.35. The first-order valence-electron chi connectivity index (χ1n) is 8.60. The van der Waals surface area contributed by atoms with Crippen molar-refractivity contribution in [3.05, 3.63) is 23.8 Å². The molecule has 7 nitrogen and oxygen atoms in total. The van der Waals surface area contributed by atoms with Crippen LogP contribution in [0.15, 0.2) is 18.2 Å². The molecular weight excluding hydrogens is 336 g/mol. The third-order valence-electron chi connectivity index (χ3n) is 4.52. The topological polar surface area (TPSA) is 97.7 Å². The molecular formula is C19H24N2O5. The molecule has 0 saturated heterocycles. The van der Waals surface area contributed by atoms with Crippen LogP contribution in [-0.2, 0) is 9.53 Å². The summed E-state index contributed by atoms with van der Waals surface area (Å²) in [4.78, 5) is 24.8. The van der Waals surface area contributed by atoms with Gasteiger partial charge >= 0.3 is 5.97 Å². The number of nitriles is 1. The van der Waals surface area contributed by atoms with Crippen LogP contribution in [0.1, 0.15) is 49.4 Å². The lowest BCUT2D eigenvalue weighted by Gasteiger charge is -2.32. The zero-order chi connectivity index (χ0) is 19.2. The highest BCUT2D eigenvalue weighted by atomic mass is 16.5. The number of hydrogen-bond donors (Lipinski definition) is 1. The van der Waals surface area contributed by atoms with Crippen molar-refractivity contribution in [2.24, 2.45) is 0 Å². The van der Waals surface area contributed by atoms with Crippen LogP contribution in [0, 0.1) is 11.3 Å². The van der Waals surface area contributed by atoms with Crippen molar-refractivity contribution in [1.29, 1.82) is 5.26 Å². The second kappa shape index (κ2) is 8.56. The first kappa shape index (κ1) is 19.6. The van der Waals surface area contributed by atoms with E-state index in [1.807, 2.05) is 0 Å². The highest BCUT2D eigenvalue weighted by molar-refractivity contribution is 5.93. The minimum absolute atomic E-state index is 0.216. The van der Waals surface area contributed by atoms with Crippen molar-refractivity contribution in [3.63, 3.8) is 0 Å². The quantitative estimate of drug-likeness (QED) is 0.783. The number of nitrogens with zero attached hydrogens (tertiary/aromatic N) is 1. The number of esters is 1. The van der Waals surface area contributed by atoms with Crippen LogP contribution in [0.2, 0.25) is 0 Å². The van der Waals surface area contributed by atoms with Crippen LogP contribution in [-0.4, -0.2) is 37.7 Å². The first-order chi connectivity index (χ1) is 12.4. The van der Waals surface area contributed by atoms with Gasteiger partial charge in [0, 0.05) is 6.07 Å². The summed E-state index contributed by atoms with van der Waals surface area (Å²) in [6.07, 6.45) is 3.05. The Morgan fingerprint density at radius 2 is 1.69 bits per heavy atom. The molecule has 0 aliphatic heterocycles. The molecule has 7 heteroatoms. The predicted molar refractivity (Wildman–Crippen MR) is 94.0 cm³/mol. The van der Waals surface area contributed by atoms with Gasteiger partial charge in [0.05, 0.1) is 25.9 Å². The number of amides is 1. The maximum absolute atomic E-state index is 12.4. The number of hydrogen-bond acceptors (Lipinski definition) is 6. The summed E-state index contributed by atoms with van der Waals surface area (Å²) in [6, 6.07) is 6.86. The van der Waals surface area contributed by atoms with E-state index >= 15 is 0 Å². The lowest BCUT2D eigenvalue weighted by Crippen LogP contribution is -2.52. The van der Waals surface area contributed by atoms with Crippen molar-refractivity contribution in [2.75, 3.05) is 14.2 Å². The van der Waals surface area contributed by atoms with Crippen LogP contribution >= 0.6 is 0 Å². The van der Waals surface area contributed by atoms with E-state index in [0.29, 0.717) is 24.3 Å². The normalized spacial score (nSPS) is 16.7. The smallest absolute Gasteiger partial charge is 0.339 e. The first-order valence-corrected chi connectivity index (χ1v) is 8.60. The molecule has 1 atom stereocenters. The van der Waals surface area contributed by atoms with E-state index < -0.39 is 23.5 Å². The largest absolute Gasteiger partial charge is 0.497 e. The average Bonchev–Trinajstić information content (AvgIpc) is 2.67. The average molecular weight is 360 g/mol. The van der Waals surface area contributed by atoms with Gasteiger partial charge < -0.3 is 19.5 Å². The Kier molecular flexibility index (Phi) is 6.45. The van der Waals surface area contributed by atoms with E-state index in [1.165, 1.54) is 33.3 Å². The number of carbonyl (C=O) groups is 2. The van der Waals surface area contributed by atoms with Crippen molar-refractivity contribution < 1.29 is 23.8 Å². The summed E-state index contributed by atoms with van der Waals surface area (Å²) in [5, 5.41) is 12.2. The van der Waals surface area contributed by atoms with Gasteiger partial charge in [-0.15, -0.1) is 0 Å². The van der Waals surface area contributed by atoms with E-state index in [4.69, 9.17) is 14.2 Å². The van der Waals surface area contributed by atoms with Gasteiger partial charge in [-0.3, -0.25) is 4.79 Å². The summed E-state index contributed by atoms with van der Waals surface area (Å²) < 4.78 is 15.5. The van der Waals surface area contributed by atoms with E-state index in [2.05, 4.69) is 11.4 Å². The second-order valence-electron chi connectivity index (χ2n) is 6.39. The van der Waals surface area contributed by atoms with E-state index in [0.717, 1.165) is 19.3 Å². The van der Waals surface area contributed by atoms with Gasteiger partial charge in [0.1, 0.15) is 17.0 Å². The number of nitrogens with one attached hydrogen (secondary N) is 1. The minimum Gasteiger partial charge on any atom is -0.497 e. The Bertz CT molecular complexity index is 682. The molecule has 0 aromatic heterocycles. The molecule has 1 aliphatic rings. The number of ether oxygens (including phenoxy) is 3. The Hall–Kier alpha value is -2.75. The predicted octanol–water partition coefficient (Wildman–Crippen LogP) is 2.59. The summed E-state index contributed by atoms with van der Waals surface area (Å²) in [6.45, 7) is 1.48. The van der Waals surface area contributed by atoms with Gasteiger partial charge in [0.25, 0.3) is 5.91 Å². The molecule has 1 fully saturated rings. The minimum atomic E-state index is -1.02. The van der Waals surface area contributed by atoms with Gasteiger partial charge in [-0.05, 0) is 31.9 Å². The van der Waals surface area contributed by atoms with Gasteiger partial charge in [-0.25, -0.2) is 4.79 Å². The van der Waals surface area contributed by atoms with E-state index in [9.17, 15) is 14.9 Å². The van der Waals surface area contributed by atoms with Gasteiger partial charge in [-0.1, -0.05) is 19.3 Å². The maximum Gasteiger partial charge on any atom is 0.339 e. The fourth-order valence-corrected chi connectivity index (χ4v) is 2.96. The van der Waals surface area contributed by atoms with E-state index in [-0.39, 0.29) is 5.56 Å². The molecule has 1 amide bonds. The van der Waals surface area contributed by atoms with Crippen molar-refractivity contribution >= 4 is 11.9 Å². The number of carbonyl (C=O) groups excluding carboxylic acids is 2. The zero-order valence-electron chi connectivity index (χ0n) is 15.3. The van der Waals surface area contributed by atoms with E-state index in [1.54, 1.807) is 6.07 Å². The molecule has 0 spiro atoms. The van der Waals surface area contributed by atoms with Crippen molar-refractivity contribution in [1.82, 2.24) is 5.32 Å². The molecule has 1 aromatic carbocycles. The zero-order valence-corrected chi connectivity index (χ0v) is 15.3. The van der Waals surface area contributed by atoms with Crippen LogP contribution < -0.4 is 14.8 Å². The molecule has 1 aliphatic carbocycles. The highest BCUT2D eigenvalue weighted by Crippen LogP contribution is 2.28. The van der Waals surface area contributed by atoms with Crippen molar-refractivity contribution in [3.8, 4) is 17.6 Å². The van der Waals surface area contributed by atoms with Crippen LogP contribution in [0.25, 0.3) is 0 Å². The molecule has 0 radical (unpaired) electrons. The molecule has 1 aromatic rings. The molecule has 140 valence electrons. The fourth-order valence-electron chi connectivity index (χ4n) is 2.96. The Balaban J connectivity index is 2.04. The summed E-state index contributed by atoms with van der Waals surface area (Å²) in [5.41, 5.74) is -0.650. The molecule has 1 N–H and O–H groups in total. The molecule has 2 rings (SSSR count). The van der Waals surface area contributed by atoms with Gasteiger partial charge in [-0.2, -0.15) is 5.26 Å². The summed E-state index contributed by atoms with van der Waals surface area (Å²) >= 11 is 0. The SMILES string of the molecule is COc1cc(OC)cc(C(=O)OC(C)C(=O)NC2(C#N)CCCCC2)c1. The van der Waals surface area contributed by atoms with Gasteiger partial charge in [0.2, 0.25) is 0 Å². The Labute approximate surface area is 153 Å². The third kappa shape index (κ3) is 4.66. The lowest BCUT2D eigenvalue weighted by atomic mass is 9.83. The fraction of sp³-hybridized carbons (Fsp3) is 0.526. The molecule has 1 saturated carbocycles. The number of rotatable bonds is 6. The maximum atomic E-state index is 12.4. The molecule has 0 heterocycles. The van der Waals surface area contributed by atoms with Crippen LogP contribution in [0.4, 0.5) is 0 Å². The van der Waals surface area contributed by atoms with Gasteiger partial charge in [0.15, 0.2) is 6.10 Å². The van der Waals surface area contributed by atoms with Crippen LogP contribution in [0.5, 0.6) is 11.5 Å². The summed E-state index contributed by atoms with van der Waals surface area (Å²) in [5.74, 6) is -0.255. The number of methoxy groups -OCH3 is 2.